The average molecular weight is 475 g/mol. The molecule has 0 fully saturated rings. The molecule has 0 amide bonds. The number of nitrogens with one attached hydrogen (secondary N) is 1. The molecule has 0 saturated heterocycles. The van der Waals surface area contributed by atoms with Crippen LogP contribution in [0.3, 0.4) is 0 Å². The minimum Gasteiger partial charge on any atom is -0.495 e. The molecule has 2 aromatic heterocycles. The molecule has 1 aliphatic rings. The number of pyridine rings is 1. The van der Waals surface area contributed by atoms with E-state index < -0.39 is 21.9 Å². The van der Waals surface area contributed by atoms with E-state index in [0.29, 0.717) is 22.6 Å². The number of hydrogen-bond donors (Lipinski definition) is 3. The van der Waals surface area contributed by atoms with Crippen molar-refractivity contribution in [2.75, 3.05) is 19.0 Å². The number of nitrogens with two attached hydrogens (primary N) is 1. The van der Waals surface area contributed by atoms with Crippen molar-refractivity contribution in [2.45, 2.75) is 31.1 Å². The Morgan fingerprint density at radius 2 is 1.97 bits per heavy atom. The molecule has 174 valence electrons. The SMILES string of the molecule is COc1cnc2c(Nc3cc(F)c(F)c([C@@]4(C)N=C(N)S[C@](C)(CO)[C@H]4C)c3)ncnc2c1. The van der Waals surface area contributed by atoms with E-state index >= 15 is 4.39 Å². The Bertz CT molecular complexity index is 1260. The lowest BCUT2D eigenvalue weighted by Gasteiger charge is -2.46. The van der Waals surface area contributed by atoms with E-state index in [2.05, 4.69) is 25.3 Å². The van der Waals surface area contributed by atoms with Gasteiger partial charge < -0.3 is 20.9 Å². The van der Waals surface area contributed by atoms with Crippen LogP contribution in [0.5, 0.6) is 5.75 Å². The fraction of sp³-hybridized carbons (Fsp3) is 0.364. The minimum atomic E-state index is -1.21. The summed E-state index contributed by atoms with van der Waals surface area (Å²) >= 11 is 1.23. The predicted octanol–water partition coefficient (Wildman–Crippen LogP) is 3.72. The van der Waals surface area contributed by atoms with E-state index in [1.54, 1.807) is 13.0 Å². The first-order valence-corrected chi connectivity index (χ1v) is 11.0. The third-order valence-electron chi connectivity index (χ3n) is 6.28. The summed E-state index contributed by atoms with van der Waals surface area (Å²) in [5.74, 6) is -1.59. The highest BCUT2D eigenvalue weighted by Gasteiger charge is 2.50. The van der Waals surface area contributed by atoms with Gasteiger partial charge in [0, 0.05) is 34.0 Å². The third-order valence-corrected chi connectivity index (χ3v) is 7.53. The van der Waals surface area contributed by atoms with Crippen LogP contribution in [0.15, 0.2) is 35.7 Å². The number of rotatable bonds is 5. The number of aromatic nitrogens is 3. The topological polar surface area (TPSA) is 119 Å². The van der Waals surface area contributed by atoms with E-state index in [9.17, 15) is 9.50 Å². The number of benzene rings is 1. The van der Waals surface area contributed by atoms with Crippen molar-refractivity contribution in [3.63, 3.8) is 0 Å². The highest BCUT2D eigenvalue weighted by molar-refractivity contribution is 8.15. The molecular formula is C22H24F2N6O2S. The molecule has 1 aromatic carbocycles. The molecule has 33 heavy (non-hydrogen) atoms. The highest BCUT2D eigenvalue weighted by atomic mass is 32.2. The molecule has 3 heterocycles. The molecule has 11 heteroatoms. The number of aliphatic imine (C=N–C) groups is 1. The summed E-state index contributed by atoms with van der Waals surface area (Å²) in [6, 6.07) is 4.22. The van der Waals surface area contributed by atoms with E-state index in [1.807, 2.05) is 13.8 Å². The van der Waals surface area contributed by atoms with Gasteiger partial charge in [-0.3, -0.25) is 4.99 Å². The highest BCUT2D eigenvalue weighted by Crippen LogP contribution is 2.50. The summed E-state index contributed by atoms with van der Waals surface area (Å²) in [4.78, 5) is 17.2. The van der Waals surface area contributed by atoms with Gasteiger partial charge in [0.05, 0.1) is 31.0 Å². The second-order valence-electron chi connectivity index (χ2n) is 8.30. The van der Waals surface area contributed by atoms with Crippen LogP contribution < -0.4 is 15.8 Å². The van der Waals surface area contributed by atoms with Crippen LogP contribution in [0.4, 0.5) is 20.3 Å². The molecule has 0 spiro atoms. The molecule has 8 nitrogen and oxygen atoms in total. The van der Waals surface area contributed by atoms with Gasteiger partial charge >= 0.3 is 0 Å². The van der Waals surface area contributed by atoms with Crippen LogP contribution in [0.25, 0.3) is 11.0 Å². The summed E-state index contributed by atoms with van der Waals surface area (Å²) in [5.41, 5.74) is 6.06. The summed E-state index contributed by atoms with van der Waals surface area (Å²) in [7, 11) is 1.52. The monoisotopic (exact) mass is 474 g/mol. The van der Waals surface area contributed by atoms with Gasteiger partial charge in [-0.2, -0.15) is 0 Å². The smallest absolute Gasteiger partial charge is 0.164 e. The zero-order valence-corrected chi connectivity index (χ0v) is 19.4. The van der Waals surface area contributed by atoms with Crippen molar-refractivity contribution in [3.8, 4) is 5.75 Å². The van der Waals surface area contributed by atoms with Gasteiger partial charge in [-0.05, 0) is 19.9 Å². The Labute approximate surface area is 193 Å². The van der Waals surface area contributed by atoms with Crippen LogP contribution in [-0.2, 0) is 5.54 Å². The van der Waals surface area contributed by atoms with Gasteiger partial charge in [-0.25, -0.2) is 23.7 Å². The van der Waals surface area contributed by atoms with Gasteiger partial charge in [-0.15, -0.1) is 0 Å². The van der Waals surface area contributed by atoms with E-state index in [4.69, 9.17) is 10.5 Å². The quantitative estimate of drug-likeness (QED) is 0.512. The van der Waals surface area contributed by atoms with Crippen molar-refractivity contribution < 1.29 is 18.6 Å². The normalized spacial score (nSPS) is 25.1. The first kappa shape index (κ1) is 23.1. The van der Waals surface area contributed by atoms with Crippen LogP contribution in [0.1, 0.15) is 26.3 Å². The van der Waals surface area contributed by atoms with Crippen LogP contribution in [0.2, 0.25) is 0 Å². The van der Waals surface area contributed by atoms with Crippen molar-refractivity contribution in [2.24, 2.45) is 16.6 Å². The van der Waals surface area contributed by atoms with Crippen molar-refractivity contribution in [1.82, 2.24) is 15.0 Å². The number of anilines is 2. The fourth-order valence-corrected chi connectivity index (χ4v) is 5.21. The Hall–Kier alpha value is -3.05. The maximum absolute atomic E-state index is 15.1. The lowest BCUT2D eigenvalue weighted by atomic mass is 9.74. The maximum Gasteiger partial charge on any atom is 0.164 e. The number of fused-ring (bicyclic) bond motifs is 1. The summed E-state index contributed by atoms with van der Waals surface area (Å²) in [5, 5.41) is 13.2. The molecule has 4 rings (SSSR count). The zero-order valence-electron chi connectivity index (χ0n) is 18.6. The molecule has 0 bridgehead atoms. The third kappa shape index (κ3) is 3.95. The number of methoxy groups -OCH3 is 1. The van der Waals surface area contributed by atoms with E-state index in [0.717, 1.165) is 6.07 Å². The first-order valence-electron chi connectivity index (χ1n) is 10.2. The summed E-state index contributed by atoms with van der Waals surface area (Å²) in [6.07, 6.45) is 2.86. The van der Waals surface area contributed by atoms with Crippen LogP contribution >= 0.6 is 11.8 Å². The van der Waals surface area contributed by atoms with E-state index in [1.165, 1.54) is 37.5 Å². The van der Waals surface area contributed by atoms with Gasteiger partial charge in [0.25, 0.3) is 0 Å². The largest absolute Gasteiger partial charge is 0.495 e. The van der Waals surface area contributed by atoms with Gasteiger partial charge in [0.1, 0.15) is 17.6 Å². The molecule has 0 saturated carbocycles. The molecule has 4 N–H and O–H groups in total. The van der Waals surface area contributed by atoms with Gasteiger partial charge in [-0.1, -0.05) is 18.7 Å². The second kappa shape index (κ2) is 8.38. The van der Waals surface area contributed by atoms with Gasteiger partial charge in [0.2, 0.25) is 0 Å². The number of aliphatic hydroxyl groups excluding tert-OH is 1. The molecular weight excluding hydrogens is 450 g/mol. The zero-order chi connectivity index (χ0) is 24.0. The number of thioether (sulfide) groups is 1. The summed E-state index contributed by atoms with van der Waals surface area (Å²) < 4.78 is 34.3. The number of hydrogen-bond acceptors (Lipinski definition) is 9. The minimum absolute atomic E-state index is 0.0217. The Morgan fingerprint density at radius 3 is 2.67 bits per heavy atom. The second-order valence-corrected chi connectivity index (χ2v) is 9.86. The Kier molecular flexibility index (Phi) is 5.87. The number of nitrogens with zero attached hydrogens (tertiary/aromatic N) is 4. The lowest BCUT2D eigenvalue weighted by molar-refractivity contribution is 0.168. The van der Waals surface area contributed by atoms with Crippen molar-refractivity contribution in [3.05, 3.63) is 47.9 Å². The number of amidine groups is 1. The van der Waals surface area contributed by atoms with Crippen LogP contribution in [0, 0.1) is 17.6 Å². The molecule has 0 radical (unpaired) electrons. The van der Waals surface area contributed by atoms with Crippen LogP contribution in [-0.4, -0.2) is 43.7 Å². The van der Waals surface area contributed by atoms with Crippen molar-refractivity contribution in [1.29, 1.82) is 0 Å². The van der Waals surface area contributed by atoms with E-state index in [-0.39, 0.29) is 28.9 Å². The molecule has 0 unspecified atom stereocenters. The fourth-order valence-electron chi connectivity index (χ4n) is 4.03. The standard InChI is InChI=1S/C22H24F2N6O2S/c1-11-21(2,9-31)33-20(25)30-22(11,3)14-5-12(6-15(23)17(14)24)29-19-18-16(27-10-28-19)7-13(32-4)8-26-18/h5-8,10-11,31H,9H2,1-4H3,(H2,25,30)(H,27,28,29)/t11-,21-,22+/m1/s1. The number of ether oxygens (including phenoxy) is 1. The Balaban J connectivity index is 1.81. The summed E-state index contributed by atoms with van der Waals surface area (Å²) in [6.45, 7) is 5.15. The molecule has 3 atom stereocenters. The molecule has 3 aromatic rings. The average Bonchev–Trinajstić information content (AvgIpc) is 2.79. The number of aliphatic hydroxyl groups is 1. The Morgan fingerprint density at radius 1 is 1.21 bits per heavy atom. The van der Waals surface area contributed by atoms with Crippen molar-refractivity contribution >= 4 is 39.5 Å². The predicted molar refractivity (Wildman–Crippen MR) is 125 cm³/mol. The van der Waals surface area contributed by atoms with Gasteiger partial charge in [0.15, 0.2) is 22.6 Å². The molecule has 0 aliphatic carbocycles. The number of halogens is 2. The first-order chi connectivity index (χ1) is 15.6. The molecule has 1 aliphatic heterocycles. The lowest BCUT2D eigenvalue weighted by Crippen LogP contribution is -2.50. The maximum atomic E-state index is 15.1.